The number of nitrogens with zero attached hydrogens (tertiary/aromatic N) is 2. The zero-order chi connectivity index (χ0) is 15.6. The number of hydrogen-bond donors (Lipinski definition) is 0. The van der Waals surface area contributed by atoms with Crippen LogP contribution in [0.1, 0.15) is 24.3 Å². The minimum absolute atomic E-state index is 0.0540. The van der Waals surface area contributed by atoms with Gasteiger partial charge in [-0.15, -0.1) is 11.8 Å². The minimum atomic E-state index is -0.0872. The summed E-state index contributed by atoms with van der Waals surface area (Å²) in [6.07, 6.45) is 0.935. The lowest BCUT2D eigenvalue weighted by molar-refractivity contribution is -0.129. The Balaban J connectivity index is 2.21. The molecule has 0 spiro atoms. The van der Waals surface area contributed by atoms with Crippen molar-refractivity contribution in [1.29, 1.82) is 0 Å². The van der Waals surface area contributed by atoms with Crippen LogP contribution in [-0.2, 0) is 4.79 Å². The first-order valence-electron chi connectivity index (χ1n) is 6.96. The Kier molecular flexibility index (Phi) is 5.83. The summed E-state index contributed by atoms with van der Waals surface area (Å²) in [5, 5.41) is 1.11. The molecular formula is C15H20Cl2N2OS. The molecule has 1 heterocycles. The predicted molar refractivity (Wildman–Crippen MR) is 91.1 cm³/mol. The highest BCUT2D eigenvalue weighted by Gasteiger charge is 2.39. The monoisotopic (exact) mass is 346 g/mol. The number of hydrogen-bond acceptors (Lipinski definition) is 3. The number of carbonyl (C=O) groups is 1. The third kappa shape index (κ3) is 3.86. The van der Waals surface area contributed by atoms with Gasteiger partial charge < -0.3 is 9.80 Å². The van der Waals surface area contributed by atoms with Crippen LogP contribution in [0.3, 0.4) is 0 Å². The molecule has 0 N–H and O–H groups in total. The van der Waals surface area contributed by atoms with Gasteiger partial charge in [0.05, 0.1) is 5.25 Å². The molecule has 2 rings (SSSR count). The van der Waals surface area contributed by atoms with E-state index in [1.54, 1.807) is 11.8 Å². The highest BCUT2D eigenvalue weighted by Crippen LogP contribution is 2.47. The summed E-state index contributed by atoms with van der Waals surface area (Å²) in [5.41, 5.74) is 0.855. The molecule has 0 radical (unpaired) electrons. The molecule has 1 saturated heterocycles. The average molecular weight is 347 g/mol. The van der Waals surface area contributed by atoms with Gasteiger partial charge >= 0.3 is 0 Å². The molecule has 0 aromatic heterocycles. The molecular weight excluding hydrogens is 327 g/mol. The van der Waals surface area contributed by atoms with E-state index in [-0.39, 0.29) is 16.5 Å². The second-order valence-electron chi connectivity index (χ2n) is 5.45. The van der Waals surface area contributed by atoms with Crippen molar-refractivity contribution >= 4 is 40.9 Å². The molecule has 2 atom stereocenters. The fraction of sp³-hybridized carbons (Fsp3) is 0.533. The standard InChI is InChI=1S/C15H20Cl2N2OS/c1-10-14(20)19(9-5-8-18(2)3)15(21-10)13-11(16)6-4-7-12(13)17/h4,6-7,10,15H,5,8-9H2,1-3H3/t10-,15-/m0/s1. The number of thioether (sulfide) groups is 1. The number of carbonyl (C=O) groups excluding carboxylic acids is 1. The van der Waals surface area contributed by atoms with Gasteiger partial charge in [-0.1, -0.05) is 29.3 Å². The summed E-state index contributed by atoms with van der Waals surface area (Å²) in [7, 11) is 4.07. The van der Waals surface area contributed by atoms with E-state index in [1.165, 1.54) is 0 Å². The van der Waals surface area contributed by atoms with Gasteiger partial charge in [0.25, 0.3) is 0 Å². The van der Waals surface area contributed by atoms with E-state index in [4.69, 9.17) is 23.2 Å². The van der Waals surface area contributed by atoms with Crippen molar-refractivity contribution < 1.29 is 4.79 Å². The molecule has 1 aliphatic rings. The van der Waals surface area contributed by atoms with Crippen molar-refractivity contribution in [3.05, 3.63) is 33.8 Å². The molecule has 1 aromatic rings. The van der Waals surface area contributed by atoms with E-state index in [0.717, 1.165) is 25.1 Å². The van der Waals surface area contributed by atoms with Crippen LogP contribution >= 0.6 is 35.0 Å². The molecule has 21 heavy (non-hydrogen) atoms. The normalized spacial score (nSPS) is 22.4. The fourth-order valence-electron chi connectivity index (χ4n) is 2.43. The van der Waals surface area contributed by atoms with Crippen molar-refractivity contribution in [2.24, 2.45) is 0 Å². The number of benzene rings is 1. The van der Waals surface area contributed by atoms with Gasteiger partial charge in [-0.05, 0) is 46.1 Å². The van der Waals surface area contributed by atoms with Crippen LogP contribution in [0, 0.1) is 0 Å². The van der Waals surface area contributed by atoms with Gasteiger partial charge in [0.2, 0.25) is 5.91 Å². The maximum absolute atomic E-state index is 12.4. The fourth-order valence-corrected chi connectivity index (χ4v) is 4.55. The first-order valence-corrected chi connectivity index (χ1v) is 8.66. The van der Waals surface area contributed by atoms with Gasteiger partial charge in [0, 0.05) is 22.2 Å². The Morgan fingerprint density at radius 3 is 2.48 bits per heavy atom. The van der Waals surface area contributed by atoms with Crippen molar-refractivity contribution in [3.63, 3.8) is 0 Å². The van der Waals surface area contributed by atoms with Crippen LogP contribution in [-0.4, -0.2) is 48.1 Å². The number of rotatable bonds is 5. The molecule has 1 aliphatic heterocycles. The van der Waals surface area contributed by atoms with E-state index in [1.807, 2.05) is 44.1 Å². The Morgan fingerprint density at radius 2 is 1.90 bits per heavy atom. The van der Waals surface area contributed by atoms with Crippen LogP contribution < -0.4 is 0 Å². The lowest BCUT2D eigenvalue weighted by atomic mass is 10.2. The third-order valence-electron chi connectivity index (χ3n) is 3.50. The maximum Gasteiger partial charge on any atom is 0.236 e. The van der Waals surface area contributed by atoms with Crippen LogP contribution in [0.2, 0.25) is 10.0 Å². The van der Waals surface area contributed by atoms with E-state index in [2.05, 4.69) is 4.90 Å². The van der Waals surface area contributed by atoms with Gasteiger partial charge in [-0.25, -0.2) is 0 Å². The van der Waals surface area contributed by atoms with Crippen LogP contribution in [0.4, 0.5) is 0 Å². The molecule has 1 fully saturated rings. The van der Waals surface area contributed by atoms with Crippen LogP contribution in [0.15, 0.2) is 18.2 Å². The molecule has 0 unspecified atom stereocenters. The SMILES string of the molecule is C[C@@H]1S[C@@H](c2c(Cl)cccc2Cl)N(CCCN(C)C)C1=O. The van der Waals surface area contributed by atoms with Crippen LogP contribution in [0.5, 0.6) is 0 Å². The number of amides is 1. The van der Waals surface area contributed by atoms with E-state index < -0.39 is 0 Å². The first kappa shape index (κ1) is 16.9. The molecule has 1 amide bonds. The molecule has 0 bridgehead atoms. The maximum atomic E-state index is 12.4. The van der Waals surface area contributed by atoms with Gasteiger partial charge in [-0.2, -0.15) is 0 Å². The van der Waals surface area contributed by atoms with E-state index in [0.29, 0.717) is 10.0 Å². The quantitative estimate of drug-likeness (QED) is 0.807. The highest BCUT2D eigenvalue weighted by atomic mass is 35.5. The van der Waals surface area contributed by atoms with E-state index >= 15 is 0 Å². The van der Waals surface area contributed by atoms with Crippen molar-refractivity contribution in [2.75, 3.05) is 27.2 Å². The second kappa shape index (κ2) is 7.23. The minimum Gasteiger partial charge on any atom is -0.325 e. The van der Waals surface area contributed by atoms with Crippen molar-refractivity contribution in [3.8, 4) is 0 Å². The zero-order valence-electron chi connectivity index (χ0n) is 12.5. The zero-order valence-corrected chi connectivity index (χ0v) is 14.8. The van der Waals surface area contributed by atoms with Crippen molar-refractivity contribution in [2.45, 2.75) is 24.0 Å². The van der Waals surface area contributed by atoms with Gasteiger partial charge in [0.1, 0.15) is 5.37 Å². The Morgan fingerprint density at radius 1 is 1.29 bits per heavy atom. The summed E-state index contributed by atoms with van der Waals surface area (Å²) in [6.45, 7) is 3.61. The Bertz CT molecular complexity index is 504. The molecule has 0 aliphatic carbocycles. The largest absolute Gasteiger partial charge is 0.325 e. The smallest absolute Gasteiger partial charge is 0.236 e. The summed E-state index contributed by atoms with van der Waals surface area (Å²) >= 11 is 14.2. The molecule has 1 aromatic carbocycles. The highest BCUT2D eigenvalue weighted by molar-refractivity contribution is 8.01. The van der Waals surface area contributed by atoms with Gasteiger partial charge in [-0.3, -0.25) is 4.79 Å². The summed E-state index contributed by atoms with van der Waals surface area (Å²) in [5.74, 6) is 0.166. The second-order valence-corrected chi connectivity index (χ2v) is 7.69. The Hall–Kier alpha value is -0.420. The lowest BCUT2D eigenvalue weighted by Gasteiger charge is -2.26. The number of halogens is 2. The Labute approximate surface area is 140 Å². The van der Waals surface area contributed by atoms with Crippen LogP contribution in [0.25, 0.3) is 0 Å². The first-order chi connectivity index (χ1) is 9.91. The van der Waals surface area contributed by atoms with E-state index in [9.17, 15) is 4.79 Å². The van der Waals surface area contributed by atoms with Gasteiger partial charge in [0.15, 0.2) is 0 Å². The topological polar surface area (TPSA) is 23.6 Å². The molecule has 0 saturated carbocycles. The molecule has 6 heteroatoms. The summed E-state index contributed by atoms with van der Waals surface area (Å²) in [6, 6.07) is 5.49. The lowest BCUT2D eigenvalue weighted by Crippen LogP contribution is -2.33. The van der Waals surface area contributed by atoms with Crippen molar-refractivity contribution in [1.82, 2.24) is 9.80 Å². The molecule has 3 nitrogen and oxygen atoms in total. The molecule has 116 valence electrons. The predicted octanol–water partition coefficient (Wildman–Crippen LogP) is 3.91. The summed E-state index contributed by atoms with van der Waals surface area (Å²) in [4.78, 5) is 16.4. The summed E-state index contributed by atoms with van der Waals surface area (Å²) < 4.78 is 0. The average Bonchev–Trinajstić information content (AvgIpc) is 2.66. The third-order valence-corrected chi connectivity index (χ3v) is 5.51.